The second-order valence-electron chi connectivity index (χ2n) is 7.19. The average molecular weight is 384 g/mol. The lowest BCUT2D eigenvalue weighted by Gasteiger charge is -2.16. The summed E-state index contributed by atoms with van der Waals surface area (Å²) in [4.78, 5) is 8.77. The molecular weight excluding hydrogens is 362 g/mol. The van der Waals surface area contributed by atoms with E-state index in [0.717, 1.165) is 11.9 Å². The lowest BCUT2D eigenvalue weighted by Crippen LogP contribution is -2.11. The minimum atomic E-state index is -0.598. The summed E-state index contributed by atoms with van der Waals surface area (Å²) in [6.07, 6.45) is 2.41. The van der Waals surface area contributed by atoms with Crippen LogP contribution >= 0.6 is 0 Å². The van der Waals surface area contributed by atoms with Crippen LogP contribution < -0.4 is 10.6 Å². The minimum absolute atomic E-state index is 0.367. The quantitative estimate of drug-likeness (QED) is 0.651. The molecule has 1 aliphatic carbocycles. The van der Waals surface area contributed by atoms with Gasteiger partial charge >= 0.3 is 0 Å². The molecule has 28 heavy (non-hydrogen) atoms. The van der Waals surface area contributed by atoms with Gasteiger partial charge in [0.05, 0.1) is 6.04 Å². The fourth-order valence-corrected chi connectivity index (χ4v) is 3.29. The molecular formula is C20H22F2N6. The Bertz CT molecular complexity index is 1010. The van der Waals surface area contributed by atoms with Crippen molar-refractivity contribution >= 4 is 17.5 Å². The van der Waals surface area contributed by atoms with Gasteiger partial charge < -0.3 is 10.6 Å². The maximum Gasteiger partial charge on any atom is 0.153 e. The lowest BCUT2D eigenvalue weighted by molar-refractivity contribution is 0.566. The van der Waals surface area contributed by atoms with Crippen LogP contribution in [0.5, 0.6) is 0 Å². The van der Waals surface area contributed by atoms with Crippen molar-refractivity contribution < 1.29 is 8.78 Å². The molecule has 6 nitrogen and oxygen atoms in total. The van der Waals surface area contributed by atoms with Gasteiger partial charge in [0.2, 0.25) is 0 Å². The van der Waals surface area contributed by atoms with E-state index >= 15 is 0 Å². The highest BCUT2D eigenvalue weighted by Crippen LogP contribution is 2.40. The van der Waals surface area contributed by atoms with Gasteiger partial charge in [-0.1, -0.05) is 6.07 Å². The van der Waals surface area contributed by atoms with Crippen LogP contribution in [0, 0.1) is 18.6 Å². The van der Waals surface area contributed by atoms with Crippen molar-refractivity contribution in [2.45, 2.75) is 38.6 Å². The molecule has 1 aromatic carbocycles. The molecule has 8 heteroatoms. The first-order valence-electron chi connectivity index (χ1n) is 9.27. The third-order valence-corrected chi connectivity index (χ3v) is 4.80. The molecule has 0 amide bonds. The Balaban J connectivity index is 1.52. The van der Waals surface area contributed by atoms with Crippen LogP contribution in [0.25, 0.3) is 0 Å². The molecule has 1 fully saturated rings. The second-order valence-corrected chi connectivity index (χ2v) is 7.19. The Hall–Kier alpha value is -3.03. The molecule has 3 aromatic rings. The van der Waals surface area contributed by atoms with E-state index in [1.54, 1.807) is 19.9 Å². The van der Waals surface area contributed by atoms with E-state index in [4.69, 9.17) is 0 Å². The van der Waals surface area contributed by atoms with E-state index in [9.17, 15) is 8.78 Å². The molecule has 2 aromatic heterocycles. The Labute approximate surface area is 162 Å². The number of anilines is 3. The van der Waals surface area contributed by atoms with Crippen LogP contribution in [0.3, 0.4) is 0 Å². The first-order valence-corrected chi connectivity index (χ1v) is 9.27. The molecule has 1 saturated carbocycles. The van der Waals surface area contributed by atoms with Gasteiger partial charge in [-0.15, -0.1) is 0 Å². The molecule has 2 N–H and O–H groups in total. The smallest absolute Gasteiger partial charge is 0.153 e. The van der Waals surface area contributed by atoms with Gasteiger partial charge in [0.15, 0.2) is 5.82 Å². The van der Waals surface area contributed by atoms with Crippen LogP contribution in [0.2, 0.25) is 0 Å². The summed E-state index contributed by atoms with van der Waals surface area (Å²) in [7, 11) is 1.94. The van der Waals surface area contributed by atoms with Gasteiger partial charge in [-0.2, -0.15) is 5.10 Å². The number of nitrogens with zero attached hydrogens (tertiary/aromatic N) is 4. The lowest BCUT2D eigenvalue weighted by atomic mass is 10.1. The topological polar surface area (TPSA) is 67.7 Å². The van der Waals surface area contributed by atoms with Gasteiger partial charge in [-0.05, 0) is 32.8 Å². The maximum atomic E-state index is 14.0. The van der Waals surface area contributed by atoms with Crippen molar-refractivity contribution in [3.63, 3.8) is 0 Å². The van der Waals surface area contributed by atoms with Gasteiger partial charge in [0, 0.05) is 42.4 Å². The largest absolute Gasteiger partial charge is 0.363 e. The molecule has 2 heterocycles. The van der Waals surface area contributed by atoms with E-state index in [2.05, 4.69) is 25.7 Å². The van der Waals surface area contributed by atoms with E-state index < -0.39 is 11.6 Å². The average Bonchev–Trinajstić information content (AvgIpc) is 3.37. The zero-order valence-corrected chi connectivity index (χ0v) is 16.0. The summed E-state index contributed by atoms with van der Waals surface area (Å²) in [5, 5.41) is 10.9. The zero-order chi connectivity index (χ0) is 19.8. The van der Waals surface area contributed by atoms with E-state index in [0.29, 0.717) is 28.9 Å². The van der Waals surface area contributed by atoms with E-state index in [1.807, 2.05) is 17.8 Å². The third kappa shape index (κ3) is 3.95. The highest BCUT2D eigenvalue weighted by molar-refractivity contribution is 5.57. The number of benzene rings is 1. The molecule has 0 aliphatic heterocycles. The number of hydrogen-bond acceptors (Lipinski definition) is 5. The standard InChI is InChI=1S/C20H22F2N6/c1-11(15-7-6-14(21)8-16(15)22)23-18-10-19(25-12(2)24-18)26-20-9-17(13-4-5-13)28(3)27-20/h6-11,13H,4-5H2,1-3H3,(H2,23,24,25,26,27). The van der Waals surface area contributed by atoms with Crippen LogP contribution in [0.4, 0.5) is 26.2 Å². The maximum absolute atomic E-state index is 14.0. The van der Waals surface area contributed by atoms with E-state index in [-0.39, 0.29) is 6.04 Å². The normalized spacial score (nSPS) is 14.8. The number of halogens is 2. The van der Waals surface area contributed by atoms with Gasteiger partial charge in [0.25, 0.3) is 0 Å². The molecule has 1 aliphatic rings. The third-order valence-electron chi connectivity index (χ3n) is 4.80. The van der Waals surface area contributed by atoms with Crippen molar-refractivity contribution in [3.05, 3.63) is 59.0 Å². The Morgan fingerprint density at radius 3 is 2.54 bits per heavy atom. The number of aromatic nitrogens is 4. The summed E-state index contributed by atoms with van der Waals surface area (Å²) in [5.41, 5.74) is 1.58. The molecule has 1 unspecified atom stereocenters. The summed E-state index contributed by atoms with van der Waals surface area (Å²) >= 11 is 0. The molecule has 0 radical (unpaired) electrons. The minimum Gasteiger partial charge on any atom is -0.363 e. The summed E-state index contributed by atoms with van der Waals surface area (Å²) in [5.74, 6) is 1.85. The highest BCUT2D eigenvalue weighted by Gasteiger charge is 2.27. The Morgan fingerprint density at radius 1 is 1.07 bits per heavy atom. The van der Waals surface area contributed by atoms with Crippen LogP contribution in [0.15, 0.2) is 30.3 Å². The predicted octanol–water partition coefficient (Wildman–Crippen LogP) is 4.59. The van der Waals surface area contributed by atoms with Crippen molar-refractivity contribution in [1.82, 2.24) is 19.7 Å². The van der Waals surface area contributed by atoms with Crippen molar-refractivity contribution in [2.75, 3.05) is 10.6 Å². The predicted molar refractivity (Wildman–Crippen MR) is 104 cm³/mol. The molecule has 0 saturated heterocycles. The first-order chi connectivity index (χ1) is 13.4. The Kier molecular flexibility index (Phi) is 4.70. The van der Waals surface area contributed by atoms with Crippen molar-refractivity contribution in [2.24, 2.45) is 7.05 Å². The molecule has 0 spiro atoms. The van der Waals surface area contributed by atoms with Crippen LogP contribution in [-0.4, -0.2) is 19.7 Å². The van der Waals surface area contributed by atoms with Crippen molar-refractivity contribution in [3.8, 4) is 0 Å². The molecule has 146 valence electrons. The monoisotopic (exact) mass is 384 g/mol. The van der Waals surface area contributed by atoms with Crippen molar-refractivity contribution in [1.29, 1.82) is 0 Å². The number of hydrogen-bond donors (Lipinski definition) is 2. The molecule has 4 rings (SSSR count). The summed E-state index contributed by atoms with van der Waals surface area (Å²) < 4.78 is 29.1. The molecule has 1 atom stereocenters. The summed E-state index contributed by atoms with van der Waals surface area (Å²) in [6.45, 7) is 3.58. The molecule has 0 bridgehead atoms. The second kappa shape index (κ2) is 7.18. The zero-order valence-electron chi connectivity index (χ0n) is 16.0. The van der Waals surface area contributed by atoms with Crippen LogP contribution in [-0.2, 0) is 7.05 Å². The van der Waals surface area contributed by atoms with Gasteiger partial charge in [0.1, 0.15) is 29.1 Å². The summed E-state index contributed by atoms with van der Waals surface area (Å²) in [6, 6.07) is 6.95. The fourth-order valence-electron chi connectivity index (χ4n) is 3.29. The first kappa shape index (κ1) is 18.3. The van der Waals surface area contributed by atoms with Gasteiger partial charge in [-0.25, -0.2) is 18.7 Å². The number of rotatable bonds is 6. The SMILES string of the molecule is Cc1nc(Nc2cc(C3CC3)n(C)n2)cc(NC(C)c2ccc(F)cc2F)n1. The fraction of sp³-hybridized carbons (Fsp3) is 0.350. The number of nitrogens with one attached hydrogen (secondary N) is 2. The number of aryl methyl sites for hydroxylation is 2. The van der Waals surface area contributed by atoms with Gasteiger partial charge in [-0.3, -0.25) is 4.68 Å². The van der Waals surface area contributed by atoms with E-state index in [1.165, 1.54) is 30.7 Å². The Morgan fingerprint density at radius 2 is 1.82 bits per heavy atom. The highest BCUT2D eigenvalue weighted by atomic mass is 19.1. The van der Waals surface area contributed by atoms with Crippen LogP contribution in [0.1, 0.15) is 48.8 Å².